The molecule has 3 aromatic carbocycles. The van der Waals surface area contributed by atoms with Crippen LogP contribution in [-0.2, 0) is 31.6 Å². The highest BCUT2D eigenvalue weighted by atomic mass is 31.2. The van der Waals surface area contributed by atoms with E-state index < -0.39 is 13.6 Å². The molecular formula is C37H40N3O11P. The zero-order valence-electron chi connectivity index (χ0n) is 29.2. The molecule has 0 aliphatic carbocycles. The minimum atomic E-state index is -3.83. The number of aldehydes is 1. The lowest BCUT2D eigenvalue weighted by atomic mass is 10.1. The molecular weight excluding hydrogens is 693 g/mol. The number of rotatable bonds is 21. The maximum atomic E-state index is 12.7. The van der Waals surface area contributed by atoms with Crippen molar-refractivity contribution in [3.63, 3.8) is 0 Å². The molecule has 0 atom stereocenters. The van der Waals surface area contributed by atoms with Gasteiger partial charge in [0.25, 0.3) is 0 Å². The smallest absolute Gasteiger partial charge is 0.508 e. The van der Waals surface area contributed by atoms with Crippen LogP contribution in [0, 0.1) is 0 Å². The molecule has 1 heterocycles. The summed E-state index contributed by atoms with van der Waals surface area (Å²) in [6.45, 7) is 4.57. The molecule has 0 bridgehead atoms. The van der Waals surface area contributed by atoms with Crippen molar-refractivity contribution in [3.05, 3.63) is 113 Å². The van der Waals surface area contributed by atoms with E-state index in [9.17, 15) is 19.3 Å². The molecule has 0 spiro atoms. The molecule has 4 rings (SSSR count). The number of nitrogens with zero attached hydrogens (tertiary/aromatic N) is 3. The van der Waals surface area contributed by atoms with E-state index in [2.05, 4.69) is 10.3 Å². The molecule has 0 amide bonds. The Morgan fingerprint density at radius 3 is 2.08 bits per heavy atom. The summed E-state index contributed by atoms with van der Waals surface area (Å²) in [4.78, 5) is 23.3. The second kappa shape index (κ2) is 19.6. The summed E-state index contributed by atoms with van der Waals surface area (Å²) in [7, 11) is -0.895. The third kappa shape index (κ3) is 12.0. The lowest BCUT2D eigenvalue weighted by Crippen LogP contribution is -2.08. The Labute approximate surface area is 301 Å². The summed E-state index contributed by atoms with van der Waals surface area (Å²) in [5, 5.41) is 18.6. The molecule has 4 aromatic rings. The van der Waals surface area contributed by atoms with Crippen LogP contribution in [0.25, 0.3) is 12.2 Å². The SMILES string of the molecule is CCOP(=O)(OCC)Oc1ccc(/C=C/C(=O)/C=C(O)/C=C/c2ccc(OCc3cn(CCOc4ccc(C=O)cc4)nn3)c(OC)c2)cc1OC. The molecule has 0 aliphatic heterocycles. The Morgan fingerprint density at radius 2 is 1.44 bits per heavy atom. The van der Waals surface area contributed by atoms with Gasteiger partial charge in [-0.2, -0.15) is 0 Å². The molecule has 14 nitrogen and oxygen atoms in total. The van der Waals surface area contributed by atoms with Crippen LogP contribution in [0.4, 0.5) is 0 Å². The first kappa shape index (κ1) is 39.1. The summed E-state index contributed by atoms with van der Waals surface area (Å²) >= 11 is 0. The number of aliphatic hydroxyl groups is 1. The van der Waals surface area contributed by atoms with Gasteiger partial charge < -0.3 is 28.6 Å². The molecule has 0 fully saturated rings. The van der Waals surface area contributed by atoms with Gasteiger partial charge in [0, 0.05) is 11.6 Å². The summed E-state index contributed by atoms with van der Waals surface area (Å²) in [5.74, 6) is 1.27. The highest BCUT2D eigenvalue weighted by molar-refractivity contribution is 7.48. The molecule has 0 aliphatic rings. The normalized spacial score (nSPS) is 11.9. The summed E-state index contributed by atoms with van der Waals surface area (Å²) in [6.07, 6.45) is 9.41. The molecule has 0 radical (unpaired) electrons. The zero-order chi connectivity index (χ0) is 37.3. The zero-order valence-corrected chi connectivity index (χ0v) is 30.1. The van der Waals surface area contributed by atoms with Crippen LogP contribution >= 0.6 is 7.82 Å². The molecule has 1 aromatic heterocycles. The van der Waals surface area contributed by atoms with Gasteiger partial charge in [0.15, 0.2) is 28.8 Å². The van der Waals surface area contributed by atoms with E-state index in [0.29, 0.717) is 52.8 Å². The summed E-state index contributed by atoms with van der Waals surface area (Å²) in [6, 6.07) is 16.8. The van der Waals surface area contributed by atoms with Crippen LogP contribution in [0.5, 0.6) is 28.7 Å². The largest absolute Gasteiger partial charge is 0.530 e. The van der Waals surface area contributed by atoms with Crippen LogP contribution in [0.3, 0.4) is 0 Å². The second-order valence-electron chi connectivity index (χ2n) is 10.6. The van der Waals surface area contributed by atoms with E-state index in [0.717, 1.165) is 12.4 Å². The molecule has 15 heteroatoms. The van der Waals surface area contributed by atoms with Crippen LogP contribution < -0.4 is 23.5 Å². The van der Waals surface area contributed by atoms with Crippen LogP contribution in [0.15, 0.2) is 90.8 Å². The molecule has 0 unspecified atom stereocenters. The Hall–Kier alpha value is -5.69. The van der Waals surface area contributed by atoms with E-state index >= 15 is 0 Å². The van der Waals surface area contributed by atoms with Crippen molar-refractivity contribution < 1.29 is 51.8 Å². The number of hydrogen-bond acceptors (Lipinski definition) is 13. The van der Waals surface area contributed by atoms with E-state index in [1.54, 1.807) is 85.4 Å². The quantitative estimate of drug-likeness (QED) is 0.0304. The predicted molar refractivity (Wildman–Crippen MR) is 193 cm³/mol. The number of aromatic nitrogens is 3. The van der Waals surface area contributed by atoms with E-state index in [1.165, 1.54) is 38.5 Å². The van der Waals surface area contributed by atoms with Gasteiger partial charge in [0.1, 0.15) is 36.7 Å². The second-order valence-corrected chi connectivity index (χ2v) is 12.2. The monoisotopic (exact) mass is 733 g/mol. The average molecular weight is 734 g/mol. The van der Waals surface area contributed by atoms with Gasteiger partial charge in [-0.3, -0.25) is 18.6 Å². The number of ketones is 1. The van der Waals surface area contributed by atoms with Crippen molar-refractivity contribution in [2.24, 2.45) is 0 Å². The standard InChI is InChI=1S/C37H40N3O11P/c1-5-49-52(44,50-6-2)51-35-18-12-28(22-37(35)46-4)8-14-32(43)23-31(42)13-7-27-11-17-34(36(21-27)45-3)48-26-30-24-40(39-38-30)19-20-47-33-15-9-29(25-41)10-16-33/h7-18,21-25,42H,5-6,19-20,26H2,1-4H3/b13-7+,14-8+,31-23-. The van der Waals surface area contributed by atoms with Crippen molar-refractivity contribution in [1.29, 1.82) is 0 Å². The van der Waals surface area contributed by atoms with Crippen molar-refractivity contribution in [2.45, 2.75) is 27.0 Å². The number of phosphoric ester groups is 1. The highest BCUT2D eigenvalue weighted by Gasteiger charge is 2.28. The van der Waals surface area contributed by atoms with E-state index in [1.807, 2.05) is 0 Å². The molecule has 0 saturated carbocycles. The number of benzene rings is 3. The van der Waals surface area contributed by atoms with E-state index in [-0.39, 0.29) is 37.1 Å². The Balaban J connectivity index is 1.29. The predicted octanol–water partition coefficient (Wildman–Crippen LogP) is 7.06. The fourth-order valence-electron chi connectivity index (χ4n) is 4.46. The van der Waals surface area contributed by atoms with Gasteiger partial charge in [-0.15, -0.1) is 5.10 Å². The molecule has 1 N–H and O–H groups in total. The van der Waals surface area contributed by atoms with Gasteiger partial charge in [-0.25, -0.2) is 9.25 Å². The summed E-state index contributed by atoms with van der Waals surface area (Å²) in [5.41, 5.74) is 2.46. The lowest BCUT2D eigenvalue weighted by Gasteiger charge is -2.18. The van der Waals surface area contributed by atoms with Gasteiger partial charge in [0.05, 0.1) is 40.2 Å². The molecule has 0 saturated heterocycles. The number of carbonyl (C=O) groups is 2. The molecule has 274 valence electrons. The van der Waals surface area contributed by atoms with Gasteiger partial charge in [-0.05, 0) is 85.7 Å². The van der Waals surface area contributed by atoms with Gasteiger partial charge >= 0.3 is 7.82 Å². The maximum Gasteiger partial charge on any atom is 0.530 e. The Kier molecular flexibility index (Phi) is 14.8. The average Bonchev–Trinajstić information content (AvgIpc) is 3.60. The third-order valence-electron chi connectivity index (χ3n) is 6.90. The third-order valence-corrected chi connectivity index (χ3v) is 8.47. The van der Waals surface area contributed by atoms with Crippen molar-refractivity contribution >= 4 is 32.0 Å². The number of phosphoric acid groups is 1. The van der Waals surface area contributed by atoms with Gasteiger partial charge in [-0.1, -0.05) is 29.5 Å². The Bertz CT molecular complexity index is 1930. The number of carbonyl (C=O) groups excluding carboxylic acids is 2. The van der Waals surface area contributed by atoms with Crippen molar-refractivity contribution in [3.8, 4) is 28.7 Å². The number of allylic oxidation sites excluding steroid dienone is 3. The first-order chi connectivity index (χ1) is 25.2. The van der Waals surface area contributed by atoms with Crippen molar-refractivity contribution in [1.82, 2.24) is 15.0 Å². The van der Waals surface area contributed by atoms with Gasteiger partial charge in [0.2, 0.25) is 0 Å². The molecule has 52 heavy (non-hydrogen) atoms. The van der Waals surface area contributed by atoms with Crippen LogP contribution in [-0.4, -0.2) is 66.2 Å². The topological polar surface area (TPSA) is 167 Å². The van der Waals surface area contributed by atoms with Crippen LogP contribution in [0.2, 0.25) is 0 Å². The lowest BCUT2D eigenvalue weighted by molar-refractivity contribution is -0.110. The fraction of sp³-hybridized carbons (Fsp3) is 0.243. The maximum absolute atomic E-state index is 12.7. The first-order valence-corrected chi connectivity index (χ1v) is 17.6. The van der Waals surface area contributed by atoms with E-state index in [4.69, 9.17) is 32.5 Å². The minimum Gasteiger partial charge on any atom is -0.508 e. The number of hydrogen-bond donors (Lipinski definition) is 1. The van der Waals surface area contributed by atoms with Crippen LogP contribution in [0.1, 0.15) is 41.0 Å². The summed E-state index contributed by atoms with van der Waals surface area (Å²) < 4.78 is 52.6. The fourth-order valence-corrected chi connectivity index (χ4v) is 5.67. The highest BCUT2D eigenvalue weighted by Crippen LogP contribution is 2.51. The number of aliphatic hydroxyl groups excluding tert-OH is 1. The minimum absolute atomic E-state index is 0.128. The Morgan fingerprint density at radius 1 is 0.827 bits per heavy atom. The van der Waals surface area contributed by atoms with Crippen molar-refractivity contribution in [2.75, 3.05) is 34.0 Å². The number of ether oxygens (including phenoxy) is 4. The number of methoxy groups -OCH3 is 2. The first-order valence-electron chi connectivity index (χ1n) is 16.1.